The second kappa shape index (κ2) is 91.4. The van der Waals surface area contributed by atoms with Crippen LogP contribution in [0, 0.1) is 83.5 Å². The molecule has 0 spiro atoms. The van der Waals surface area contributed by atoms with Gasteiger partial charge in [0.2, 0.25) is 0 Å². The zero-order valence-corrected chi connectivity index (χ0v) is 56.9. The minimum absolute atomic E-state index is 0. The summed E-state index contributed by atoms with van der Waals surface area (Å²) in [7, 11) is 0. The van der Waals surface area contributed by atoms with Crippen LogP contribution in [-0.4, -0.2) is 71.0 Å². The zero-order valence-electron chi connectivity index (χ0n) is 50.6. The predicted octanol–water partition coefficient (Wildman–Crippen LogP) is 8.68. The van der Waals surface area contributed by atoms with Crippen LogP contribution < -0.4 is 30.6 Å². The number of hydrogen-bond donors (Lipinski definition) is 3. The van der Waals surface area contributed by atoms with E-state index in [1.54, 1.807) is 0 Å². The number of carboxylic acid groups (broad SMARTS) is 6. The van der Waals surface area contributed by atoms with Crippen molar-refractivity contribution in [2.24, 2.45) is 0 Å². The Balaban J connectivity index is -0.000000141. The third-order valence-corrected chi connectivity index (χ3v) is 12.0. The number of aliphatic hydroxyl groups is 3. The molecule has 0 bridgehead atoms. The molecule has 0 heterocycles. The van der Waals surface area contributed by atoms with Gasteiger partial charge in [0.25, 0.3) is 0 Å². The fourth-order valence-electron chi connectivity index (χ4n) is 7.14. The fourth-order valence-corrected chi connectivity index (χ4v) is 7.14. The van der Waals surface area contributed by atoms with E-state index < -0.39 is 35.8 Å². The maximum Gasteiger partial charge on any atom is 3.00 e. The van der Waals surface area contributed by atoms with Crippen molar-refractivity contribution in [3.63, 3.8) is 0 Å². The Morgan fingerprint density at radius 3 is 0.487 bits per heavy atom. The van der Waals surface area contributed by atoms with Crippen LogP contribution in [0.25, 0.3) is 0 Å². The maximum absolute atomic E-state index is 10.2. The number of hydrogen-bond acceptors (Lipinski definition) is 15. The second-order valence-electron chi connectivity index (χ2n) is 19.5. The van der Waals surface area contributed by atoms with E-state index in [-0.39, 0.29) is 122 Å². The van der Waals surface area contributed by atoms with Crippen molar-refractivity contribution in [1.82, 2.24) is 0 Å². The van der Waals surface area contributed by atoms with Gasteiger partial charge in [0.05, 0.1) is 0 Å². The normalized spacial score (nSPS) is 10.3. The van der Waals surface area contributed by atoms with Crippen LogP contribution in [0.3, 0.4) is 0 Å². The molecule has 0 aliphatic rings. The van der Waals surface area contributed by atoms with E-state index in [0.717, 1.165) is 116 Å². The number of unbranched alkanes of at least 4 members (excludes halogenated alkanes) is 33. The van der Waals surface area contributed by atoms with E-state index in [1.807, 2.05) is 0 Å². The molecule has 0 unspecified atom stereocenters. The molecular weight excluding hydrogens is 1280 g/mol. The van der Waals surface area contributed by atoms with Gasteiger partial charge >= 0.3 is 83.5 Å². The molecule has 0 aromatic rings. The minimum atomic E-state index is -0.995. The van der Waals surface area contributed by atoms with Gasteiger partial charge in [0.1, 0.15) is 0 Å². The molecule has 3 N–H and O–H groups in total. The first-order chi connectivity index (χ1) is 37.6. The summed E-state index contributed by atoms with van der Waals surface area (Å²) in [5.74, 6) is -5.76. The van der Waals surface area contributed by atoms with Crippen LogP contribution in [0.4, 0.5) is 0 Å². The smallest absolute Gasteiger partial charge is 0.550 e. The first-order valence-corrected chi connectivity index (χ1v) is 30.6. The van der Waals surface area contributed by atoms with Gasteiger partial charge in [0.15, 0.2) is 0 Å². The van der Waals surface area contributed by atoms with Gasteiger partial charge in [-0.1, -0.05) is 192 Å². The third kappa shape index (κ3) is 128. The van der Waals surface area contributed by atoms with Crippen molar-refractivity contribution in [3.05, 3.63) is 36.5 Å². The second-order valence-corrected chi connectivity index (χ2v) is 19.5. The van der Waals surface area contributed by atoms with Crippen LogP contribution >= 0.6 is 0 Å². The molecule has 17 heteroatoms. The van der Waals surface area contributed by atoms with Gasteiger partial charge in [-0.2, -0.15) is 0 Å². The summed E-state index contributed by atoms with van der Waals surface area (Å²) in [6, 6.07) is 0. The van der Waals surface area contributed by atoms with Crippen molar-refractivity contribution < 1.29 is 158 Å². The molecule has 0 aromatic heterocycles. The van der Waals surface area contributed by atoms with Gasteiger partial charge < -0.3 is 74.7 Å². The van der Waals surface area contributed by atoms with Gasteiger partial charge in [-0.25, -0.2) is 0 Å². The predicted molar refractivity (Wildman–Crippen MR) is 304 cm³/mol. The van der Waals surface area contributed by atoms with Crippen molar-refractivity contribution >= 4 is 35.8 Å². The Morgan fingerprint density at radius 1 is 0.237 bits per heavy atom. The third-order valence-electron chi connectivity index (χ3n) is 12.0. The maximum atomic E-state index is 10.2. The summed E-state index contributed by atoms with van der Waals surface area (Å²) in [6.07, 6.45) is 59.3. The molecule has 0 aromatic carbocycles. The van der Waals surface area contributed by atoms with Gasteiger partial charge in [0, 0.05) is 55.6 Å². The van der Waals surface area contributed by atoms with Crippen molar-refractivity contribution in [1.29, 1.82) is 0 Å². The Bertz CT molecular complexity index is 1190. The van der Waals surface area contributed by atoms with Crippen molar-refractivity contribution in [2.45, 2.75) is 310 Å². The van der Waals surface area contributed by atoms with Crippen LogP contribution in [-0.2, 0) is 28.8 Å². The van der Waals surface area contributed by atoms with Gasteiger partial charge in [-0.05, 0) is 154 Å². The van der Waals surface area contributed by atoms with E-state index in [1.165, 1.54) is 156 Å². The first-order valence-electron chi connectivity index (χ1n) is 30.6. The molecule has 464 valence electrons. The quantitative estimate of drug-likeness (QED) is 0.0379. The molecule has 2 radical (unpaired) electrons. The van der Waals surface area contributed by atoms with E-state index in [9.17, 15) is 59.4 Å². The SMILES string of the molecule is CCC(=O)[O-].CCC(=O)[O-].CCC(=O)[O-].O=C([O-])CCCCCCC/C=C\CCCCCCCCO.O=C([O-])CCCCCCC/C=C\CCCCCCCCO.O=C([O-])CCCCCCC/C=C\CCCCCCCCO.[Ce+3].[Ce+3]. The molecule has 15 nitrogen and oxygen atoms in total. The monoisotopic (exact) mass is 1390 g/mol. The van der Waals surface area contributed by atoms with Crippen LogP contribution in [0.1, 0.15) is 310 Å². The number of aliphatic hydroxyl groups excluding tert-OH is 3. The van der Waals surface area contributed by atoms with Crippen molar-refractivity contribution in [3.8, 4) is 0 Å². The Hall–Kier alpha value is -1.33. The number of rotatable bonds is 51. The van der Waals surface area contributed by atoms with E-state index in [4.69, 9.17) is 15.3 Å². The van der Waals surface area contributed by atoms with Gasteiger partial charge in [-0.15, -0.1) is 0 Å². The van der Waals surface area contributed by atoms with E-state index in [2.05, 4.69) is 36.5 Å². The number of aliphatic carboxylic acids is 6. The Morgan fingerprint density at radius 2 is 0.362 bits per heavy atom. The molecule has 0 fully saturated rings. The van der Waals surface area contributed by atoms with E-state index >= 15 is 0 Å². The van der Waals surface area contributed by atoms with Crippen LogP contribution in [0.2, 0.25) is 0 Å². The Labute approximate surface area is 554 Å². The summed E-state index contributed by atoms with van der Waals surface area (Å²) >= 11 is 0. The molecule has 0 saturated carbocycles. The minimum Gasteiger partial charge on any atom is -0.550 e. The topological polar surface area (TPSA) is 301 Å². The molecule has 0 atom stereocenters. The zero-order chi connectivity index (χ0) is 59.6. The fraction of sp³-hybridized carbons (Fsp3) is 0.810. The number of carbonyl (C=O) groups is 6. The molecule has 0 rings (SSSR count). The number of carboxylic acids is 6. The molecule has 0 aliphatic heterocycles. The summed E-state index contributed by atoms with van der Waals surface area (Å²) in [5.41, 5.74) is 0. The average Bonchev–Trinajstić information content (AvgIpc) is 3.41. The largest absolute Gasteiger partial charge is 3.00 e. The summed E-state index contributed by atoms with van der Waals surface area (Å²) < 4.78 is 0. The standard InChI is InChI=1S/3C18H34O3.3C3H6O2.2Ce/c3*19-17-15-13-11-9-7-5-3-1-2-4-6-8-10-12-14-16-18(20)21;3*1-2-3(4)5;;/h3*1-2,19H,3-17H2,(H,20,21);3*2H2,1H3,(H,4,5);;/q;;;;;;2*+3/p-6/b3*2-1-;;;;;. The van der Waals surface area contributed by atoms with E-state index in [0.29, 0.717) is 19.8 Å². The average molecular weight is 1390 g/mol. The molecule has 80 heavy (non-hydrogen) atoms. The van der Waals surface area contributed by atoms with Crippen molar-refractivity contribution in [2.75, 3.05) is 19.8 Å². The summed E-state index contributed by atoms with van der Waals surface area (Å²) in [5, 5.41) is 84.4. The van der Waals surface area contributed by atoms with Gasteiger partial charge in [-0.3, -0.25) is 0 Å². The Kier molecular flexibility index (Phi) is 109. The molecule has 0 saturated heterocycles. The number of carbonyl (C=O) groups excluding carboxylic acids is 6. The van der Waals surface area contributed by atoms with Crippen LogP contribution in [0.15, 0.2) is 36.5 Å². The summed E-state index contributed by atoms with van der Waals surface area (Å²) in [4.78, 5) is 58.4. The molecular formula is C63H114Ce2O15. The molecule has 0 amide bonds. The molecule has 0 aliphatic carbocycles. The first kappa shape index (κ1) is 95.0. The number of allylic oxidation sites excluding steroid dienone is 6. The van der Waals surface area contributed by atoms with Crippen LogP contribution in [0.5, 0.6) is 0 Å². The summed E-state index contributed by atoms with van der Waals surface area (Å²) in [6.45, 7) is 5.61.